The normalized spacial score (nSPS) is 21.1. The Balaban J connectivity index is 2.11. The van der Waals surface area contributed by atoms with E-state index in [0.717, 1.165) is 13.1 Å². The second-order valence-electron chi connectivity index (χ2n) is 6.62. The summed E-state index contributed by atoms with van der Waals surface area (Å²) in [5, 5.41) is 3.49. The van der Waals surface area contributed by atoms with Crippen LogP contribution in [0, 0.1) is 11.8 Å². The molecule has 2 rings (SSSR count). The first kappa shape index (κ1) is 17.9. The van der Waals surface area contributed by atoms with E-state index in [1.807, 2.05) is 4.90 Å². The number of carbonyl (C=O) groups is 1. The van der Waals surface area contributed by atoms with Crippen LogP contribution in [0.15, 0.2) is 18.2 Å². The Morgan fingerprint density at radius 3 is 2.61 bits per heavy atom. The highest BCUT2D eigenvalue weighted by atomic mass is 35.5. The Morgan fingerprint density at radius 1 is 1.39 bits per heavy atom. The summed E-state index contributed by atoms with van der Waals surface area (Å²) in [6.07, 6.45) is 0. The van der Waals surface area contributed by atoms with Crippen LogP contribution in [0.3, 0.4) is 0 Å². The van der Waals surface area contributed by atoms with Gasteiger partial charge in [0.05, 0.1) is 12.8 Å². The molecule has 0 radical (unpaired) electrons. The maximum absolute atomic E-state index is 12.6. The van der Waals surface area contributed by atoms with Crippen LogP contribution in [0.1, 0.15) is 13.8 Å². The van der Waals surface area contributed by atoms with Gasteiger partial charge in [0.2, 0.25) is 0 Å². The third-order valence-electron chi connectivity index (χ3n) is 4.54. The molecule has 1 heterocycles. The Kier molecular flexibility index (Phi) is 5.76. The summed E-state index contributed by atoms with van der Waals surface area (Å²) in [7, 11) is 5.72. The largest absolute Gasteiger partial charge is 0.495 e. The van der Waals surface area contributed by atoms with Gasteiger partial charge in [0.25, 0.3) is 0 Å². The molecule has 6 heteroatoms. The quantitative estimate of drug-likeness (QED) is 0.914. The molecule has 0 saturated carbocycles. The number of urea groups is 1. The van der Waals surface area contributed by atoms with Crippen LogP contribution < -0.4 is 10.1 Å². The molecule has 1 saturated heterocycles. The lowest BCUT2D eigenvalue weighted by atomic mass is 9.91. The predicted octanol–water partition coefficient (Wildman–Crippen LogP) is 3.40. The maximum atomic E-state index is 12.6. The third-order valence-corrected chi connectivity index (χ3v) is 4.78. The molecule has 23 heavy (non-hydrogen) atoms. The van der Waals surface area contributed by atoms with E-state index in [1.165, 1.54) is 0 Å². The number of nitrogens with zero attached hydrogens (tertiary/aromatic N) is 2. The van der Waals surface area contributed by atoms with Crippen LogP contribution in [-0.4, -0.2) is 56.2 Å². The first-order chi connectivity index (χ1) is 10.8. The van der Waals surface area contributed by atoms with E-state index in [1.54, 1.807) is 25.3 Å². The van der Waals surface area contributed by atoms with Crippen molar-refractivity contribution in [2.24, 2.45) is 11.8 Å². The number of hydrogen-bond acceptors (Lipinski definition) is 3. The fourth-order valence-electron chi connectivity index (χ4n) is 3.15. The molecule has 2 unspecified atom stereocenters. The standard InChI is InChI=1S/C17H26ClN3O2/c1-11(2)13-9-21(10-15(13)20(3)4)17(22)19-14-8-12(18)6-7-16(14)23-5/h6-8,11,13,15H,9-10H2,1-5H3,(H,19,22). The van der Waals surface area contributed by atoms with Gasteiger partial charge in [-0.3, -0.25) is 0 Å². The number of benzene rings is 1. The van der Waals surface area contributed by atoms with Crippen LogP contribution in [0.4, 0.5) is 10.5 Å². The minimum Gasteiger partial charge on any atom is -0.495 e. The number of likely N-dealkylation sites (tertiary alicyclic amines) is 1. The van der Waals surface area contributed by atoms with Crippen molar-refractivity contribution >= 4 is 23.3 Å². The van der Waals surface area contributed by atoms with Crippen LogP contribution in [0.2, 0.25) is 5.02 Å². The number of halogens is 1. The topological polar surface area (TPSA) is 44.8 Å². The highest BCUT2D eigenvalue weighted by molar-refractivity contribution is 6.31. The highest BCUT2D eigenvalue weighted by Crippen LogP contribution is 2.30. The minimum absolute atomic E-state index is 0.111. The number of ether oxygens (including phenoxy) is 1. The van der Waals surface area contributed by atoms with Gasteiger partial charge >= 0.3 is 6.03 Å². The molecule has 1 aliphatic heterocycles. The van der Waals surface area contributed by atoms with E-state index in [9.17, 15) is 4.79 Å². The summed E-state index contributed by atoms with van der Waals surface area (Å²) in [4.78, 5) is 16.7. The second kappa shape index (κ2) is 7.41. The molecule has 0 bridgehead atoms. The van der Waals surface area contributed by atoms with Crippen molar-refractivity contribution in [3.8, 4) is 5.75 Å². The zero-order valence-electron chi connectivity index (χ0n) is 14.5. The number of rotatable bonds is 4. The van der Waals surface area contributed by atoms with E-state index in [4.69, 9.17) is 16.3 Å². The van der Waals surface area contributed by atoms with Gasteiger partial charge in [0, 0.05) is 24.2 Å². The van der Waals surface area contributed by atoms with Crippen molar-refractivity contribution < 1.29 is 9.53 Å². The molecule has 2 atom stereocenters. The van der Waals surface area contributed by atoms with Crippen molar-refractivity contribution in [2.75, 3.05) is 39.6 Å². The Labute approximate surface area is 143 Å². The van der Waals surface area contributed by atoms with E-state index in [0.29, 0.717) is 34.3 Å². The Morgan fingerprint density at radius 2 is 2.09 bits per heavy atom. The summed E-state index contributed by atoms with van der Waals surface area (Å²) in [6, 6.07) is 5.46. The molecule has 1 fully saturated rings. The molecule has 1 aliphatic rings. The molecule has 1 N–H and O–H groups in total. The lowest BCUT2D eigenvalue weighted by molar-refractivity contribution is 0.212. The van der Waals surface area contributed by atoms with Crippen molar-refractivity contribution in [3.63, 3.8) is 0 Å². The zero-order chi connectivity index (χ0) is 17.1. The van der Waals surface area contributed by atoms with Crippen molar-refractivity contribution in [1.29, 1.82) is 0 Å². The zero-order valence-corrected chi connectivity index (χ0v) is 15.2. The third kappa shape index (κ3) is 4.09. The number of amides is 2. The molecular formula is C17H26ClN3O2. The number of nitrogens with one attached hydrogen (secondary N) is 1. The molecular weight excluding hydrogens is 314 g/mol. The van der Waals surface area contributed by atoms with Gasteiger partial charge in [-0.15, -0.1) is 0 Å². The monoisotopic (exact) mass is 339 g/mol. The SMILES string of the molecule is COc1ccc(Cl)cc1NC(=O)N1CC(C(C)C)C(N(C)C)C1. The van der Waals surface area contributed by atoms with Crippen LogP contribution in [0.5, 0.6) is 5.75 Å². The number of methoxy groups -OCH3 is 1. The number of anilines is 1. The average Bonchev–Trinajstić information content (AvgIpc) is 2.93. The number of likely N-dealkylation sites (N-methyl/N-ethyl adjacent to an activating group) is 1. The molecule has 2 amide bonds. The van der Waals surface area contributed by atoms with Crippen molar-refractivity contribution in [1.82, 2.24) is 9.80 Å². The van der Waals surface area contributed by atoms with Gasteiger partial charge in [-0.1, -0.05) is 25.4 Å². The van der Waals surface area contributed by atoms with Crippen LogP contribution in [-0.2, 0) is 0 Å². The van der Waals surface area contributed by atoms with Gasteiger partial charge in [-0.05, 0) is 44.1 Å². The molecule has 1 aromatic carbocycles. The van der Waals surface area contributed by atoms with Crippen molar-refractivity contribution in [3.05, 3.63) is 23.2 Å². The Hall–Kier alpha value is -1.46. The molecule has 0 spiro atoms. The highest BCUT2D eigenvalue weighted by Gasteiger charge is 2.38. The lowest BCUT2D eigenvalue weighted by Gasteiger charge is -2.27. The van der Waals surface area contributed by atoms with Crippen LogP contribution in [0.25, 0.3) is 0 Å². The van der Waals surface area contributed by atoms with E-state index in [-0.39, 0.29) is 6.03 Å². The van der Waals surface area contributed by atoms with Gasteiger partial charge in [0.1, 0.15) is 5.75 Å². The first-order valence-electron chi connectivity index (χ1n) is 7.89. The summed E-state index contributed by atoms with van der Waals surface area (Å²) in [6.45, 7) is 5.91. The molecule has 0 aromatic heterocycles. The molecule has 5 nitrogen and oxygen atoms in total. The molecule has 0 aliphatic carbocycles. The number of hydrogen-bond donors (Lipinski definition) is 1. The summed E-state index contributed by atoms with van der Waals surface area (Å²) in [5.41, 5.74) is 0.597. The minimum atomic E-state index is -0.111. The van der Waals surface area contributed by atoms with Crippen molar-refractivity contribution in [2.45, 2.75) is 19.9 Å². The molecule has 1 aromatic rings. The second-order valence-corrected chi connectivity index (χ2v) is 7.06. The van der Waals surface area contributed by atoms with E-state index >= 15 is 0 Å². The summed E-state index contributed by atoms with van der Waals surface area (Å²) < 4.78 is 5.28. The first-order valence-corrected chi connectivity index (χ1v) is 8.27. The smallest absolute Gasteiger partial charge is 0.322 e. The van der Waals surface area contributed by atoms with Crippen LogP contribution >= 0.6 is 11.6 Å². The fourth-order valence-corrected chi connectivity index (χ4v) is 3.32. The van der Waals surface area contributed by atoms with Gasteiger partial charge in [-0.25, -0.2) is 4.79 Å². The van der Waals surface area contributed by atoms with Gasteiger partial charge < -0.3 is 19.9 Å². The summed E-state index contributed by atoms with van der Waals surface area (Å²) in [5.74, 6) is 1.60. The Bertz CT molecular complexity index is 547. The van der Waals surface area contributed by atoms with Gasteiger partial charge in [-0.2, -0.15) is 0 Å². The summed E-state index contributed by atoms with van der Waals surface area (Å²) >= 11 is 6.02. The molecule has 128 valence electrons. The van der Waals surface area contributed by atoms with Gasteiger partial charge in [0.15, 0.2) is 0 Å². The lowest BCUT2D eigenvalue weighted by Crippen LogP contribution is -2.38. The van der Waals surface area contributed by atoms with E-state index < -0.39 is 0 Å². The average molecular weight is 340 g/mol. The number of carbonyl (C=O) groups excluding carboxylic acids is 1. The predicted molar refractivity (Wildman–Crippen MR) is 94.4 cm³/mol. The maximum Gasteiger partial charge on any atom is 0.322 e. The van der Waals surface area contributed by atoms with E-state index in [2.05, 4.69) is 38.2 Å². The fraction of sp³-hybridized carbons (Fsp3) is 0.588.